The van der Waals surface area contributed by atoms with Crippen LogP contribution in [0.1, 0.15) is 19.9 Å². The molecule has 3 rings (SSSR count). The molecular weight excluding hydrogens is 437 g/mol. The first-order valence-corrected chi connectivity index (χ1v) is 10.9. The van der Waals surface area contributed by atoms with E-state index >= 15 is 0 Å². The predicted molar refractivity (Wildman–Crippen MR) is 115 cm³/mol. The van der Waals surface area contributed by atoms with Crippen LogP contribution in [0, 0.1) is 0 Å². The largest absolute Gasteiger partial charge is 0.495 e. The van der Waals surface area contributed by atoms with Crippen molar-refractivity contribution in [2.24, 2.45) is 0 Å². The Kier molecular flexibility index (Phi) is 6.16. The molecule has 0 amide bonds. The Balaban J connectivity index is 2.47. The monoisotopic (exact) mass is 455 g/mol. The molecule has 1 aromatic carbocycles. The Morgan fingerprint density at radius 1 is 1.10 bits per heavy atom. The SMILES string of the molecule is COc1cc(OC)c(Cl)c(-c2cc3cnc(S(C)=O)nc3n(C(C)C)c2=O)c1Cl. The molecule has 0 saturated heterocycles. The van der Waals surface area contributed by atoms with Gasteiger partial charge in [0, 0.05) is 35.5 Å². The van der Waals surface area contributed by atoms with Gasteiger partial charge < -0.3 is 9.47 Å². The smallest absolute Gasteiger partial charge is 0.260 e. The quantitative estimate of drug-likeness (QED) is 0.538. The second-order valence-corrected chi connectivity index (χ2v) is 8.53. The van der Waals surface area contributed by atoms with E-state index in [1.165, 1.54) is 31.2 Å². The Morgan fingerprint density at radius 3 is 2.17 bits per heavy atom. The molecule has 0 aliphatic carbocycles. The van der Waals surface area contributed by atoms with E-state index in [2.05, 4.69) is 9.97 Å². The summed E-state index contributed by atoms with van der Waals surface area (Å²) in [5.74, 6) is 0.651. The number of hydrogen-bond donors (Lipinski definition) is 0. The fraction of sp³-hybridized carbons (Fsp3) is 0.316. The zero-order valence-corrected chi connectivity index (χ0v) is 18.8. The molecule has 0 fully saturated rings. The van der Waals surface area contributed by atoms with Crippen LogP contribution in [-0.2, 0) is 10.8 Å². The highest BCUT2D eigenvalue weighted by Gasteiger charge is 2.24. The Hall–Kier alpha value is -2.16. The van der Waals surface area contributed by atoms with E-state index in [0.717, 1.165) is 0 Å². The highest BCUT2D eigenvalue weighted by molar-refractivity contribution is 7.84. The van der Waals surface area contributed by atoms with Crippen molar-refractivity contribution in [3.8, 4) is 22.6 Å². The van der Waals surface area contributed by atoms with Gasteiger partial charge in [0.2, 0.25) is 5.16 Å². The van der Waals surface area contributed by atoms with Gasteiger partial charge in [-0.1, -0.05) is 23.2 Å². The van der Waals surface area contributed by atoms with Crippen LogP contribution < -0.4 is 15.0 Å². The molecule has 1 unspecified atom stereocenters. The third-order valence-electron chi connectivity index (χ3n) is 4.37. The van der Waals surface area contributed by atoms with Crippen molar-refractivity contribution in [2.75, 3.05) is 20.5 Å². The molecule has 0 spiro atoms. The zero-order valence-electron chi connectivity index (χ0n) is 16.4. The summed E-state index contributed by atoms with van der Waals surface area (Å²) in [7, 11) is 1.54. The molecule has 0 bridgehead atoms. The summed E-state index contributed by atoms with van der Waals surface area (Å²) in [5, 5.41) is 1.11. The third-order valence-corrected chi connectivity index (χ3v) is 5.83. The van der Waals surface area contributed by atoms with Crippen molar-refractivity contribution < 1.29 is 13.7 Å². The molecule has 0 aliphatic heterocycles. The maximum Gasteiger partial charge on any atom is 0.260 e. The van der Waals surface area contributed by atoms with Crippen molar-refractivity contribution >= 4 is 45.0 Å². The standard InChI is InChI=1S/C19H19Cl2N3O4S/c1-9(2)24-17-10(8-22-19(23-17)29(5)26)6-11(18(24)25)14-15(20)12(27-3)7-13(28-4)16(14)21/h6-9H,1-5H3. The Morgan fingerprint density at radius 2 is 1.69 bits per heavy atom. The van der Waals surface area contributed by atoms with Crippen molar-refractivity contribution in [3.05, 3.63) is 38.7 Å². The lowest BCUT2D eigenvalue weighted by Gasteiger charge is -2.18. The summed E-state index contributed by atoms with van der Waals surface area (Å²) in [5.41, 5.74) is 0.593. The number of hydrogen-bond acceptors (Lipinski definition) is 6. The molecule has 7 nitrogen and oxygen atoms in total. The lowest BCUT2D eigenvalue weighted by Crippen LogP contribution is -2.25. The van der Waals surface area contributed by atoms with Crippen LogP contribution in [0.4, 0.5) is 0 Å². The second-order valence-electron chi connectivity index (χ2n) is 6.50. The van der Waals surface area contributed by atoms with Crippen molar-refractivity contribution in [2.45, 2.75) is 25.0 Å². The van der Waals surface area contributed by atoms with Crippen molar-refractivity contribution in [1.82, 2.24) is 14.5 Å². The average molecular weight is 456 g/mol. The van der Waals surface area contributed by atoms with Crippen molar-refractivity contribution in [3.63, 3.8) is 0 Å². The van der Waals surface area contributed by atoms with Gasteiger partial charge in [0.15, 0.2) is 0 Å². The maximum atomic E-state index is 13.4. The summed E-state index contributed by atoms with van der Waals surface area (Å²) in [6.07, 6.45) is 3.01. The third kappa shape index (κ3) is 3.72. The van der Waals surface area contributed by atoms with E-state index < -0.39 is 10.8 Å². The number of fused-ring (bicyclic) bond motifs is 1. The van der Waals surface area contributed by atoms with Gasteiger partial charge in [0.1, 0.15) is 17.1 Å². The first kappa shape index (κ1) is 21.5. The molecule has 0 aliphatic rings. The highest BCUT2D eigenvalue weighted by Crippen LogP contribution is 2.45. The van der Waals surface area contributed by atoms with E-state index in [1.54, 1.807) is 12.1 Å². The molecule has 29 heavy (non-hydrogen) atoms. The fourth-order valence-corrected chi connectivity index (χ4v) is 4.14. The van der Waals surface area contributed by atoms with Crippen LogP contribution in [0.25, 0.3) is 22.2 Å². The minimum absolute atomic E-state index is 0.151. The Labute approximate surface area is 180 Å². The molecule has 1 atom stereocenters. The van der Waals surface area contributed by atoms with Crippen LogP contribution in [0.3, 0.4) is 0 Å². The molecular formula is C19H19Cl2N3O4S. The number of pyridine rings is 1. The van der Waals surface area contributed by atoms with Gasteiger partial charge in [-0.25, -0.2) is 9.97 Å². The van der Waals surface area contributed by atoms with Gasteiger partial charge in [-0.05, 0) is 19.9 Å². The van der Waals surface area contributed by atoms with E-state index in [0.29, 0.717) is 28.1 Å². The maximum absolute atomic E-state index is 13.4. The van der Waals surface area contributed by atoms with Gasteiger partial charge in [-0.3, -0.25) is 13.6 Å². The molecule has 2 heterocycles. The highest BCUT2D eigenvalue weighted by atomic mass is 35.5. The molecule has 0 saturated carbocycles. The van der Waals surface area contributed by atoms with Crippen LogP contribution in [0.2, 0.25) is 10.0 Å². The topological polar surface area (TPSA) is 83.3 Å². The normalized spacial score (nSPS) is 12.4. The fourth-order valence-electron chi connectivity index (χ4n) is 3.02. The number of ether oxygens (including phenoxy) is 2. The number of benzene rings is 1. The van der Waals surface area contributed by atoms with E-state index in [9.17, 15) is 9.00 Å². The number of rotatable bonds is 5. The van der Waals surface area contributed by atoms with Crippen molar-refractivity contribution in [1.29, 1.82) is 0 Å². The molecule has 10 heteroatoms. The zero-order chi connectivity index (χ0) is 21.5. The van der Waals surface area contributed by atoms with Gasteiger partial charge in [-0.15, -0.1) is 0 Å². The first-order valence-electron chi connectivity index (χ1n) is 8.57. The minimum atomic E-state index is -1.38. The van der Waals surface area contributed by atoms with Crippen LogP contribution in [0.15, 0.2) is 28.3 Å². The van der Waals surface area contributed by atoms with E-state index in [1.807, 2.05) is 13.8 Å². The summed E-state index contributed by atoms with van der Waals surface area (Å²) in [6.45, 7) is 3.70. The number of methoxy groups -OCH3 is 2. The van der Waals surface area contributed by atoms with Crippen LogP contribution >= 0.6 is 23.2 Å². The summed E-state index contributed by atoms with van der Waals surface area (Å²) in [4.78, 5) is 21.9. The average Bonchev–Trinajstić information content (AvgIpc) is 2.67. The van der Waals surface area contributed by atoms with E-state index in [4.69, 9.17) is 32.7 Å². The second kappa shape index (κ2) is 8.30. The van der Waals surface area contributed by atoms with Gasteiger partial charge in [0.05, 0.1) is 40.6 Å². The van der Waals surface area contributed by atoms with Crippen LogP contribution in [0.5, 0.6) is 11.5 Å². The molecule has 2 aromatic heterocycles. The summed E-state index contributed by atoms with van der Waals surface area (Å²) in [6, 6.07) is 2.94. The van der Waals surface area contributed by atoms with Crippen LogP contribution in [-0.4, -0.2) is 39.2 Å². The number of halogens is 2. The van der Waals surface area contributed by atoms with Gasteiger partial charge in [-0.2, -0.15) is 0 Å². The van der Waals surface area contributed by atoms with Gasteiger partial charge >= 0.3 is 0 Å². The molecule has 0 radical (unpaired) electrons. The predicted octanol–water partition coefficient (Wildman–Crippen LogP) is 4.10. The Bertz CT molecular complexity index is 1170. The number of aromatic nitrogens is 3. The number of nitrogens with zero attached hydrogens (tertiary/aromatic N) is 3. The first-order chi connectivity index (χ1) is 13.7. The molecule has 154 valence electrons. The summed E-state index contributed by atoms with van der Waals surface area (Å²) < 4.78 is 23.9. The molecule has 0 N–H and O–H groups in total. The molecule has 3 aromatic rings. The lowest BCUT2D eigenvalue weighted by atomic mass is 10.0. The summed E-state index contributed by atoms with van der Waals surface area (Å²) >= 11 is 13.0. The minimum Gasteiger partial charge on any atom is -0.495 e. The van der Waals surface area contributed by atoms with E-state index in [-0.39, 0.29) is 32.4 Å². The van der Waals surface area contributed by atoms with Gasteiger partial charge in [0.25, 0.3) is 5.56 Å². The lowest BCUT2D eigenvalue weighted by molar-refractivity contribution is 0.395.